The van der Waals surface area contributed by atoms with Crippen LogP contribution in [0.15, 0.2) is 114 Å². The molecule has 1 N–H and O–H groups in total. The van der Waals surface area contributed by atoms with Gasteiger partial charge in [-0.15, -0.1) is 0 Å². The first-order chi connectivity index (χ1) is 32.3. The van der Waals surface area contributed by atoms with Crippen molar-refractivity contribution in [2.75, 3.05) is 31.7 Å². The number of benzene rings is 3. The van der Waals surface area contributed by atoms with Gasteiger partial charge in [-0.25, -0.2) is 0 Å². The van der Waals surface area contributed by atoms with Crippen LogP contribution in [-0.2, 0) is 41.1 Å². The molecule has 3 aromatic rings. The van der Waals surface area contributed by atoms with Crippen molar-refractivity contribution in [3.05, 3.63) is 131 Å². The summed E-state index contributed by atoms with van der Waals surface area (Å²) in [5.41, 5.74) is 6.22. The van der Waals surface area contributed by atoms with Gasteiger partial charge in [-0.05, 0) is 54.7 Å². The second kappa shape index (κ2) is 27.0. The maximum absolute atomic E-state index is 13.5. The fourth-order valence-corrected chi connectivity index (χ4v) is 10.4. The topological polar surface area (TPSA) is 120 Å². The summed E-state index contributed by atoms with van der Waals surface area (Å²) in [4.78, 5) is 39.1. The van der Waals surface area contributed by atoms with E-state index in [9.17, 15) is 24.8 Å². The summed E-state index contributed by atoms with van der Waals surface area (Å²) in [5.74, 6) is -1.21. The van der Waals surface area contributed by atoms with E-state index in [1.165, 1.54) is 83.3 Å². The van der Waals surface area contributed by atoms with Gasteiger partial charge in [0.25, 0.3) is 6.47 Å². The highest BCUT2D eigenvalue weighted by Gasteiger charge is 2.51. The van der Waals surface area contributed by atoms with E-state index in [0.29, 0.717) is 31.6 Å². The van der Waals surface area contributed by atoms with Gasteiger partial charge in [-0.1, -0.05) is 177 Å². The molecule has 2 aliphatic rings. The Morgan fingerprint density at radius 2 is 1.36 bits per heavy atom. The number of esters is 1. The molecule has 0 bridgehead atoms. The summed E-state index contributed by atoms with van der Waals surface area (Å²) in [6, 6.07) is 29.0. The van der Waals surface area contributed by atoms with E-state index in [0.717, 1.165) is 72.4 Å². The maximum atomic E-state index is 13.5. The number of rotatable bonds is 31. The molecular formula is C57H74N3O6+. The highest BCUT2D eigenvalue weighted by atomic mass is 16.5. The molecule has 352 valence electrons. The number of carboxylic acid groups (broad SMARTS) is 1. The molecule has 2 atom stereocenters. The van der Waals surface area contributed by atoms with E-state index in [1.54, 1.807) is 0 Å². The molecule has 5 rings (SSSR count). The van der Waals surface area contributed by atoms with Crippen LogP contribution >= 0.6 is 0 Å². The van der Waals surface area contributed by atoms with Crippen molar-refractivity contribution in [2.24, 2.45) is 0 Å². The summed E-state index contributed by atoms with van der Waals surface area (Å²) >= 11 is 0. The number of anilines is 1. The molecule has 0 spiro atoms. The molecule has 2 aliphatic heterocycles. The minimum absolute atomic E-state index is 0.0160. The van der Waals surface area contributed by atoms with E-state index in [4.69, 9.17) is 9.47 Å². The van der Waals surface area contributed by atoms with Gasteiger partial charge in [-0.2, -0.15) is 9.84 Å². The number of carbonyl (C=O) groups is 3. The summed E-state index contributed by atoms with van der Waals surface area (Å²) in [6.45, 7) is 5.72. The van der Waals surface area contributed by atoms with E-state index in [1.807, 2.05) is 66.8 Å². The molecule has 0 radical (unpaired) electrons. The number of nitrogens with zero attached hydrogens (tertiary/aromatic N) is 3. The molecule has 0 aromatic heterocycles. The van der Waals surface area contributed by atoms with Crippen molar-refractivity contribution in [3.63, 3.8) is 0 Å². The van der Waals surface area contributed by atoms with Crippen LogP contribution in [0.1, 0.15) is 153 Å². The molecular weight excluding hydrogens is 823 g/mol. The first kappa shape index (κ1) is 51.2. The number of para-hydroxylation sites is 2. The van der Waals surface area contributed by atoms with Gasteiger partial charge in [0.1, 0.15) is 13.0 Å². The summed E-state index contributed by atoms with van der Waals surface area (Å²) < 4.78 is 12.8. The summed E-state index contributed by atoms with van der Waals surface area (Å²) in [7, 11) is 1.40. The fourth-order valence-electron chi connectivity index (χ4n) is 10.4. The zero-order chi connectivity index (χ0) is 47.0. The number of carboxylic acids is 1. The Labute approximate surface area is 394 Å². The van der Waals surface area contributed by atoms with Gasteiger partial charge in [0.05, 0.1) is 42.5 Å². The maximum Gasteiger partial charge on any atom is 0.309 e. The van der Waals surface area contributed by atoms with Crippen molar-refractivity contribution in [1.82, 2.24) is 0 Å². The average molecular weight is 897 g/mol. The van der Waals surface area contributed by atoms with Crippen LogP contribution in [0.4, 0.5) is 11.4 Å². The molecule has 2 heterocycles. The SMILES string of the molecule is CCCCCCCCCCC1(CCCCCCCCC)C(/C=C/C(C#N)=C/C=C2/N(CCOC=O)c3ccccc3C2(CC(=O)OC)Cc2ccccc2)=[N+](CCC(=O)O)c2ccccc21. The molecule has 0 amide bonds. The minimum atomic E-state index is -0.871. The number of aliphatic carboxylic acids is 1. The lowest BCUT2D eigenvalue weighted by Crippen LogP contribution is -2.37. The Bertz CT molecular complexity index is 2200. The molecule has 0 saturated carbocycles. The third kappa shape index (κ3) is 13.4. The van der Waals surface area contributed by atoms with Crippen LogP contribution in [0.2, 0.25) is 0 Å². The predicted octanol–water partition coefficient (Wildman–Crippen LogP) is 12.8. The third-order valence-corrected chi connectivity index (χ3v) is 13.7. The highest BCUT2D eigenvalue weighted by Crippen LogP contribution is 2.52. The lowest BCUT2D eigenvalue weighted by molar-refractivity contribution is -0.436. The van der Waals surface area contributed by atoms with E-state index in [2.05, 4.69) is 65.8 Å². The van der Waals surface area contributed by atoms with Crippen molar-refractivity contribution in [3.8, 4) is 6.07 Å². The van der Waals surface area contributed by atoms with Crippen molar-refractivity contribution < 1.29 is 33.5 Å². The monoisotopic (exact) mass is 897 g/mol. The summed E-state index contributed by atoms with van der Waals surface area (Å²) in [5, 5.41) is 20.9. The first-order valence-electron chi connectivity index (χ1n) is 24.8. The standard InChI is InChI=1S/C57H73N3O6/c1-4-6-8-10-12-14-16-25-38-56(37-24-15-13-11-9-7-5-2)48-28-20-22-30-50(48)59(39-36-54(62)63)52(56)34-32-47(44-58)33-35-53-57(43-55(64)65-3,42-46-26-18-17-19-27-46)49-29-21-23-31-51(49)60(53)40-41-66-45-61/h17-23,26-35,45H,4-16,24-25,36-43H2,1-3H3/p+1. The molecule has 9 nitrogen and oxygen atoms in total. The molecule has 2 unspecified atom stereocenters. The number of methoxy groups -OCH3 is 1. The van der Waals surface area contributed by atoms with Gasteiger partial charge in [-0.3, -0.25) is 14.4 Å². The quantitative estimate of drug-likeness (QED) is 0.0169. The van der Waals surface area contributed by atoms with Gasteiger partial charge in [0.15, 0.2) is 12.3 Å². The molecule has 0 aliphatic carbocycles. The van der Waals surface area contributed by atoms with E-state index in [-0.39, 0.29) is 30.8 Å². The van der Waals surface area contributed by atoms with Crippen LogP contribution in [0.5, 0.6) is 0 Å². The first-order valence-corrected chi connectivity index (χ1v) is 24.8. The largest absolute Gasteiger partial charge is 0.481 e. The second-order valence-electron chi connectivity index (χ2n) is 18.1. The number of hydrogen-bond acceptors (Lipinski definition) is 7. The number of hydrogen-bond donors (Lipinski definition) is 1. The normalized spacial score (nSPS) is 18.4. The fraction of sp³-hybridized carbons (Fsp3) is 0.491. The smallest absolute Gasteiger partial charge is 0.309 e. The zero-order valence-electron chi connectivity index (χ0n) is 40.0. The van der Waals surface area contributed by atoms with Gasteiger partial charge >= 0.3 is 11.9 Å². The Kier molecular flexibility index (Phi) is 21.0. The third-order valence-electron chi connectivity index (χ3n) is 13.7. The molecule has 0 saturated heterocycles. The Morgan fingerprint density at radius 1 is 0.773 bits per heavy atom. The van der Waals surface area contributed by atoms with Crippen LogP contribution in [-0.4, -0.2) is 60.6 Å². The number of carbonyl (C=O) groups excluding carboxylic acids is 2. The van der Waals surface area contributed by atoms with Crippen LogP contribution < -0.4 is 4.90 Å². The van der Waals surface area contributed by atoms with E-state index >= 15 is 0 Å². The lowest BCUT2D eigenvalue weighted by Gasteiger charge is -2.33. The number of nitriles is 1. The number of allylic oxidation sites excluding steroid dienone is 6. The van der Waals surface area contributed by atoms with Gasteiger partial charge in [0.2, 0.25) is 5.69 Å². The van der Waals surface area contributed by atoms with Crippen molar-refractivity contribution in [1.29, 1.82) is 5.26 Å². The van der Waals surface area contributed by atoms with Crippen LogP contribution in [0.3, 0.4) is 0 Å². The van der Waals surface area contributed by atoms with Gasteiger partial charge in [0, 0.05) is 29.1 Å². The molecule has 0 fully saturated rings. The number of ether oxygens (including phenoxy) is 2. The molecule has 9 heteroatoms. The lowest BCUT2D eigenvalue weighted by atomic mass is 9.70. The Balaban J connectivity index is 1.62. The van der Waals surface area contributed by atoms with Crippen molar-refractivity contribution in [2.45, 2.75) is 153 Å². The van der Waals surface area contributed by atoms with Crippen LogP contribution in [0, 0.1) is 11.3 Å². The van der Waals surface area contributed by atoms with Gasteiger partial charge < -0.3 is 19.5 Å². The Hall–Kier alpha value is -5.75. The molecule has 3 aromatic carbocycles. The highest BCUT2D eigenvalue weighted by molar-refractivity contribution is 6.04. The van der Waals surface area contributed by atoms with Crippen molar-refractivity contribution >= 4 is 35.5 Å². The minimum Gasteiger partial charge on any atom is -0.481 e. The predicted molar refractivity (Wildman–Crippen MR) is 265 cm³/mol. The number of unbranched alkanes of at least 4 members (excludes halogenated alkanes) is 13. The zero-order valence-corrected chi connectivity index (χ0v) is 40.0. The van der Waals surface area contributed by atoms with E-state index < -0.39 is 11.4 Å². The Morgan fingerprint density at radius 3 is 1.97 bits per heavy atom. The summed E-state index contributed by atoms with van der Waals surface area (Å²) in [6.07, 6.45) is 28.3. The number of fused-ring (bicyclic) bond motifs is 2. The second-order valence-corrected chi connectivity index (χ2v) is 18.1. The molecule has 66 heavy (non-hydrogen) atoms. The average Bonchev–Trinajstić information content (AvgIpc) is 3.73. The van der Waals surface area contributed by atoms with Crippen LogP contribution in [0.25, 0.3) is 0 Å².